The first-order valence-corrected chi connectivity index (χ1v) is 4.49. The van der Waals surface area contributed by atoms with Gasteiger partial charge >= 0.3 is 0 Å². The molecular formula is C10H13BN2O. The molecule has 2 radical (unpaired) electrons. The van der Waals surface area contributed by atoms with Crippen LogP contribution in [0.25, 0.3) is 0 Å². The van der Waals surface area contributed by atoms with Gasteiger partial charge in [-0.1, -0.05) is 24.0 Å². The van der Waals surface area contributed by atoms with Crippen molar-refractivity contribution in [3.63, 3.8) is 0 Å². The average Bonchev–Trinajstić information content (AvgIpc) is 2.19. The van der Waals surface area contributed by atoms with Gasteiger partial charge in [-0.15, -0.1) is 0 Å². The number of carbonyl (C=O) groups excluding carboxylic acids is 1. The highest BCUT2D eigenvalue weighted by Gasteiger charge is 1.99. The normalized spacial score (nSPS) is 9.79. The van der Waals surface area contributed by atoms with Crippen LogP contribution in [0.15, 0.2) is 24.3 Å². The number of benzene rings is 1. The van der Waals surface area contributed by atoms with Gasteiger partial charge in [0.1, 0.15) is 0 Å². The van der Waals surface area contributed by atoms with E-state index in [1.807, 2.05) is 24.3 Å². The van der Waals surface area contributed by atoms with Crippen molar-refractivity contribution < 1.29 is 4.79 Å². The highest BCUT2D eigenvalue weighted by molar-refractivity contribution is 6.08. The summed E-state index contributed by atoms with van der Waals surface area (Å²) < 4.78 is 0. The zero-order valence-corrected chi connectivity index (χ0v) is 8.21. The van der Waals surface area contributed by atoms with Crippen molar-refractivity contribution in [1.82, 2.24) is 5.32 Å². The summed E-state index contributed by atoms with van der Waals surface area (Å²) in [4.78, 5) is 11.2. The zero-order chi connectivity index (χ0) is 10.4. The molecule has 1 aromatic carbocycles. The molecule has 0 saturated carbocycles. The molecule has 0 heterocycles. The van der Waals surface area contributed by atoms with Crippen molar-refractivity contribution in [2.24, 2.45) is 0 Å². The third-order valence-corrected chi connectivity index (χ3v) is 1.81. The number of hydrogen-bond donors (Lipinski definition) is 2. The molecule has 2 N–H and O–H groups in total. The smallest absolute Gasteiger partial charge is 0.238 e. The van der Waals surface area contributed by atoms with E-state index in [-0.39, 0.29) is 5.91 Å². The van der Waals surface area contributed by atoms with Crippen molar-refractivity contribution in [3.8, 4) is 0 Å². The Morgan fingerprint density at radius 3 is 2.50 bits per heavy atom. The lowest BCUT2D eigenvalue weighted by molar-refractivity contribution is -0.115. The molecule has 72 valence electrons. The molecule has 4 heteroatoms. The Bertz CT molecular complexity index is 297. The van der Waals surface area contributed by atoms with Crippen LogP contribution in [0.5, 0.6) is 0 Å². The molecule has 0 saturated heterocycles. The molecule has 1 amide bonds. The number of hydrogen-bond acceptors (Lipinski definition) is 2. The van der Waals surface area contributed by atoms with Crippen molar-refractivity contribution in [3.05, 3.63) is 29.8 Å². The van der Waals surface area contributed by atoms with E-state index in [1.54, 1.807) is 7.05 Å². The first-order chi connectivity index (χ1) is 6.76. The SMILES string of the molecule is [B]Cc1ccc(NC(=O)CNC)cc1. The van der Waals surface area contributed by atoms with E-state index in [2.05, 4.69) is 10.6 Å². The molecule has 1 rings (SSSR count). The molecular weight excluding hydrogens is 175 g/mol. The lowest BCUT2D eigenvalue weighted by atomic mass is 9.97. The standard InChI is InChI=1S/C10H13BN2O/c1-12-7-10(14)13-9-4-2-8(6-11)3-5-9/h2-5,12H,6-7H2,1H3,(H,13,14). The van der Waals surface area contributed by atoms with Gasteiger partial charge in [-0.3, -0.25) is 4.79 Å². The molecule has 0 aliphatic rings. The molecule has 14 heavy (non-hydrogen) atoms. The first-order valence-electron chi connectivity index (χ1n) is 4.49. The van der Waals surface area contributed by atoms with Gasteiger partial charge in [-0.2, -0.15) is 0 Å². The summed E-state index contributed by atoms with van der Waals surface area (Å²) in [6.07, 6.45) is 0.519. The summed E-state index contributed by atoms with van der Waals surface area (Å²) in [6, 6.07) is 7.48. The zero-order valence-electron chi connectivity index (χ0n) is 8.21. The Balaban J connectivity index is 2.55. The minimum atomic E-state index is -0.0481. The van der Waals surface area contributed by atoms with Crippen LogP contribution >= 0.6 is 0 Å². The topological polar surface area (TPSA) is 41.1 Å². The van der Waals surface area contributed by atoms with Crippen LogP contribution in [0.3, 0.4) is 0 Å². The number of amides is 1. The number of carbonyl (C=O) groups is 1. The van der Waals surface area contributed by atoms with Crippen LogP contribution in [0.2, 0.25) is 0 Å². The van der Waals surface area contributed by atoms with E-state index in [0.29, 0.717) is 12.9 Å². The largest absolute Gasteiger partial charge is 0.325 e. The molecule has 0 aliphatic heterocycles. The molecule has 1 aromatic rings. The molecule has 0 fully saturated rings. The van der Waals surface area contributed by atoms with E-state index in [4.69, 9.17) is 7.85 Å². The summed E-state index contributed by atoms with van der Waals surface area (Å²) in [5, 5.41) is 5.53. The summed E-state index contributed by atoms with van der Waals surface area (Å²) >= 11 is 0. The highest BCUT2D eigenvalue weighted by Crippen LogP contribution is 2.08. The van der Waals surface area contributed by atoms with Crippen molar-refractivity contribution in [2.45, 2.75) is 6.32 Å². The Labute approximate surface area is 85.3 Å². The Morgan fingerprint density at radius 2 is 2.00 bits per heavy atom. The molecule has 0 aliphatic carbocycles. The first kappa shape index (κ1) is 10.8. The van der Waals surface area contributed by atoms with E-state index in [1.165, 1.54) is 0 Å². The average molecular weight is 188 g/mol. The number of nitrogens with one attached hydrogen (secondary N) is 2. The maximum Gasteiger partial charge on any atom is 0.238 e. The number of anilines is 1. The van der Waals surface area contributed by atoms with Gasteiger partial charge in [0.05, 0.1) is 14.4 Å². The van der Waals surface area contributed by atoms with Crippen molar-refractivity contribution >= 4 is 19.4 Å². The van der Waals surface area contributed by atoms with Crippen LogP contribution in [-0.2, 0) is 11.1 Å². The second-order valence-corrected chi connectivity index (χ2v) is 2.98. The maximum absolute atomic E-state index is 11.2. The summed E-state index contributed by atoms with van der Waals surface area (Å²) in [6.45, 7) is 0.318. The van der Waals surface area contributed by atoms with Crippen LogP contribution in [0, 0.1) is 0 Å². The van der Waals surface area contributed by atoms with Crippen LogP contribution in [0.1, 0.15) is 5.56 Å². The lowest BCUT2D eigenvalue weighted by Crippen LogP contribution is -2.24. The van der Waals surface area contributed by atoms with Gasteiger partial charge in [0, 0.05) is 5.69 Å². The Kier molecular flexibility index (Phi) is 4.20. The molecule has 3 nitrogen and oxygen atoms in total. The van der Waals surface area contributed by atoms with Crippen LogP contribution in [-0.4, -0.2) is 27.3 Å². The Morgan fingerprint density at radius 1 is 1.36 bits per heavy atom. The fraction of sp³-hybridized carbons (Fsp3) is 0.300. The van der Waals surface area contributed by atoms with E-state index in [9.17, 15) is 4.79 Å². The predicted octanol–water partition coefficient (Wildman–Crippen LogP) is 0.513. The molecule has 0 bridgehead atoms. The van der Waals surface area contributed by atoms with E-state index >= 15 is 0 Å². The lowest BCUT2D eigenvalue weighted by Gasteiger charge is -2.05. The molecule has 0 aromatic heterocycles. The molecule has 0 atom stereocenters. The molecule has 0 unspecified atom stereocenters. The maximum atomic E-state index is 11.2. The second kappa shape index (κ2) is 5.45. The highest BCUT2D eigenvalue weighted by atomic mass is 16.1. The monoisotopic (exact) mass is 188 g/mol. The molecule has 0 spiro atoms. The van der Waals surface area contributed by atoms with Crippen LogP contribution < -0.4 is 10.6 Å². The quantitative estimate of drug-likeness (QED) is 0.676. The minimum Gasteiger partial charge on any atom is -0.325 e. The van der Waals surface area contributed by atoms with Crippen molar-refractivity contribution in [1.29, 1.82) is 0 Å². The van der Waals surface area contributed by atoms with Gasteiger partial charge in [0.15, 0.2) is 0 Å². The fourth-order valence-electron chi connectivity index (χ4n) is 1.09. The van der Waals surface area contributed by atoms with Gasteiger partial charge in [-0.05, 0) is 19.2 Å². The van der Waals surface area contributed by atoms with Crippen LogP contribution in [0.4, 0.5) is 5.69 Å². The second-order valence-electron chi connectivity index (χ2n) is 2.98. The van der Waals surface area contributed by atoms with Gasteiger partial charge in [0.25, 0.3) is 0 Å². The summed E-state index contributed by atoms with van der Waals surface area (Å²) in [7, 11) is 7.18. The van der Waals surface area contributed by atoms with Gasteiger partial charge < -0.3 is 10.6 Å². The third kappa shape index (κ3) is 3.22. The summed E-state index contributed by atoms with van der Waals surface area (Å²) in [5.41, 5.74) is 1.85. The predicted molar refractivity (Wildman–Crippen MR) is 58.5 cm³/mol. The number of rotatable bonds is 4. The van der Waals surface area contributed by atoms with Crippen molar-refractivity contribution in [2.75, 3.05) is 18.9 Å². The van der Waals surface area contributed by atoms with E-state index < -0.39 is 0 Å². The van der Waals surface area contributed by atoms with Gasteiger partial charge in [0.2, 0.25) is 5.91 Å². The summed E-state index contributed by atoms with van der Waals surface area (Å²) in [5.74, 6) is -0.0481. The van der Waals surface area contributed by atoms with Gasteiger partial charge in [-0.25, -0.2) is 0 Å². The third-order valence-electron chi connectivity index (χ3n) is 1.81. The fourth-order valence-corrected chi connectivity index (χ4v) is 1.09. The Hall–Kier alpha value is -1.29. The number of likely N-dealkylation sites (N-methyl/N-ethyl adjacent to an activating group) is 1. The minimum absolute atomic E-state index is 0.0481. The van der Waals surface area contributed by atoms with E-state index in [0.717, 1.165) is 11.3 Å².